The lowest BCUT2D eigenvalue weighted by molar-refractivity contribution is -0.158. The number of rotatable bonds is 29. The molecule has 58 heavy (non-hydrogen) atoms. The molecule has 2 aromatic rings. The molecule has 2 rings (SSSR count). The molecule has 15 nitrogen and oxygen atoms in total. The summed E-state index contributed by atoms with van der Waals surface area (Å²) in [4.78, 5) is 61.1. The fraction of sp³-hybridized carbons (Fsp3) is 0.326. The zero-order chi connectivity index (χ0) is 42.7. The molecule has 0 aliphatic carbocycles. The molecule has 0 heterocycles. The third-order valence-corrected chi connectivity index (χ3v) is 7.82. The van der Waals surface area contributed by atoms with Crippen molar-refractivity contribution in [1.29, 1.82) is 0 Å². The zero-order valence-electron chi connectivity index (χ0n) is 32.6. The van der Waals surface area contributed by atoms with Crippen molar-refractivity contribution in [2.45, 2.75) is 6.42 Å². The van der Waals surface area contributed by atoms with Crippen LogP contribution in [0.25, 0.3) is 0 Å². The average Bonchev–Trinajstić information content (AvgIpc) is 3.23. The molecule has 0 aromatic heterocycles. The first-order valence-electron chi connectivity index (χ1n) is 17.9. The van der Waals surface area contributed by atoms with Crippen molar-refractivity contribution in [1.82, 2.24) is 0 Å². The van der Waals surface area contributed by atoms with E-state index in [1.807, 2.05) is 24.3 Å². The highest BCUT2D eigenvalue weighted by molar-refractivity contribution is 5.85. The van der Waals surface area contributed by atoms with Crippen LogP contribution in [0.2, 0.25) is 0 Å². The van der Waals surface area contributed by atoms with Crippen LogP contribution < -0.4 is 10.6 Å². The van der Waals surface area contributed by atoms with Gasteiger partial charge in [-0.1, -0.05) is 62.2 Å². The fourth-order valence-electron chi connectivity index (χ4n) is 4.82. The van der Waals surface area contributed by atoms with Crippen molar-refractivity contribution in [2.24, 2.45) is 10.8 Å². The fourth-order valence-corrected chi connectivity index (χ4v) is 4.82. The van der Waals surface area contributed by atoms with Gasteiger partial charge in [-0.2, -0.15) is 0 Å². The number of benzene rings is 2. The van der Waals surface area contributed by atoms with E-state index in [0.29, 0.717) is 37.6 Å². The van der Waals surface area contributed by atoms with Crippen LogP contribution in [0.15, 0.2) is 124 Å². The smallest absolute Gasteiger partial charge is 0.411 e. The Hall–Kier alpha value is -6.29. The van der Waals surface area contributed by atoms with Crippen molar-refractivity contribution < 1.29 is 61.9 Å². The molecule has 0 aliphatic rings. The number of carbonyl (C=O) groups excluding carboxylic acids is 5. The van der Waals surface area contributed by atoms with Crippen LogP contribution in [0, 0.1) is 10.8 Å². The first-order chi connectivity index (χ1) is 27.9. The molecular formula is C43H52N2O13. The summed E-state index contributed by atoms with van der Waals surface area (Å²) in [6.45, 7) is 20.6. The second kappa shape index (κ2) is 26.5. The molecule has 0 spiro atoms. The van der Waals surface area contributed by atoms with Gasteiger partial charge >= 0.3 is 30.1 Å². The molecule has 0 aliphatic heterocycles. The van der Waals surface area contributed by atoms with Gasteiger partial charge < -0.3 is 37.9 Å². The summed E-state index contributed by atoms with van der Waals surface area (Å²) < 4.78 is 43.5. The Morgan fingerprint density at radius 3 is 1.03 bits per heavy atom. The molecule has 0 unspecified atom stereocenters. The lowest BCUT2D eigenvalue weighted by Crippen LogP contribution is -2.44. The van der Waals surface area contributed by atoms with E-state index in [-0.39, 0.29) is 26.4 Å². The molecule has 2 amide bonds. The lowest BCUT2D eigenvalue weighted by atomic mass is 9.92. The molecule has 0 radical (unpaired) electrons. The minimum atomic E-state index is -1.48. The van der Waals surface area contributed by atoms with Gasteiger partial charge in [0.05, 0.1) is 45.1 Å². The average molecular weight is 805 g/mol. The second-order valence-electron chi connectivity index (χ2n) is 12.8. The van der Waals surface area contributed by atoms with E-state index in [1.165, 1.54) is 0 Å². The van der Waals surface area contributed by atoms with Gasteiger partial charge in [0.25, 0.3) is 0 Å². The first-order valence-corrected chi connectivity index (χ1v) is 17.9. The Balaban J connectivity index is 2.02. The van der Waals surface area contributed by atoms with E-state index < -0.39 is 67.4 Å². The van der Waals surface area contributed by atoms with Crippen molar-refractivity contribution >= 4 is 41.5 Å². The van der Waals surface area contributed by atoms with Gasteiger partial charge in [0, 0.05) is 29.6 Å². The van der Waals surface area contributed by atoms with Gasteiger partial charge in [0.1, 0.15) is 38.4 Å². The monoisotopic (exact) mass is 804 g/mol. The van der Waals surface area contributed by atoms with Gasteiger partial charge in [-0.05, 0) is 41.8 Å². The molecule has 0 bridgehead atoms. The maximum atomic E-state index is 12.8. The Labute approximate surface area is 338 Å². The van der Waals surface area contributed by atoms with E-state index >= 15 is 0 Å². The van der Waals surface area contributed by atoms with Gasteiger partial charge in [0.15, 0.2) is 0 Å². The maximum Gasteiger partial charge on any atom is 0.411 e. The number of amides is 2. The van der Waals surface area contributed by atoms with E-state index in [9.17, 15) is 24.0 Å². The summed E-state index contributed by atoms with van der Waals surface area (Å²) in [5.74, 6) is -2.41. The van der Waals surface area contributed by atoms with Crippen LogP contribution in [0.5, 0.6) is 0 Å². The number of hydrogen-bond donors (Lipinski definition) is 2. The third-order valence-electron chi connectivity index (χ3n) is 7.82. The third kappa shape index (κ3) is 18.6. The Kier molecular flexibility index (Phi) is 21.9. The summed E-state index contributed by atoms with van der Waals surface area (Å²) in [6.07, 6.45) is 6.61. The molecule has 2 aromatic carbocycles. The van der Waals surface area contributed by atoms with Crippen LogP contribution in [0.3, 0.4) is 0 Å². The Bertz CT molecular complexity index is 1610. The van der Waals surface area contributed by atoms with E-state index in [4.69, 9.17) is 37.9 Å². The molecule has 312 valence electrons. The van der Waals surface area contributed by atoms with Gasteiger partial charge in [-0.15, -0.1) is 19.7 Å². The molecule has 2 N–H and O–H groups in total. The Morgan fingerprint density at radius 1 is 0.448 bits per heavy atom. The minimum Gasteiger partial charge on any atom is -0.462 e. The van der Waals surface area contributed by atoms with Crippen LogP contribution in [0.4, 0.5) is 21.0 Å². The normalized spacial score (nSPS) is 10.8. The van der Waals surface area contributed by atoms with Gasteiger partial charge in [0.2, 0.25) is 0 Å². The van der Waals surface area contributed by atoms with Gasteiger partial charge in [-0.25, -0.2) is 24.0 Å². The van der Waals surface area contributed by atoms with Crippen molar-refractivity contribution in [3.05, 3.63) is 136 Å². The van der Waals surface area contributed by atoms with Crippen LogP contribution >= 0.6 is 0 Å². The first kappa shape index (κ1) is 47.9. The predicted octanol–water partition coefficient (Wildman–Crippen LogP) is 6.14. The van der Waals surface area contributed by atoms with Crippen LogP contribution in [-0.2, 0) is 58.7 Å². The van der Waals surface area contributed by atoms with Crippen LogP contribution in [-0.4, -0.2) is 103 Å². The molecule has 0 saturated heterocycles. The number of nitrogens with one attached hydrogen (secondary N) is 2. The second-order valence-corrected chi connectivity index (χ2v) is 12.8. The highest BCUT2D eigenvalue weighted by atomic mass is 16.6. The van der Waals surface area contributed by atoms with E-state index in [0.717, 1.165) is 29.4 Å². The minimum absolute atomic E-state index is 0.0423. The lowest BCUT2D eigenvalue weighted by Gasteiger charge is -2.32. The van der Waals surface area contributed by atoms with E-state index in [2.05, 4.69) is 50.1 Å². The van der Waals surface area contributed by atoms with Gasteiger partial charge in [-0.3, -0.25) is 10.6 Å². The Morgan fingerprint density at radius 2 is 0.741 bits per heavy atom. The summed E-state index contributed by atoms with van der Waals surface area (Å²) in [5, 5.41) is 5.33. The quantitative estimate of drug-likeness (QED) is 0.0315. The highest BCUT2D eigenvalue weighted by Gasteiger charge is 2.38. The maximum absolute atomic E-state index is 12.8. The van der Waals surface area contributed by atoms with Crippen molar-refractivity contribution in [2.75, 3.05) is 83.3 Å². The molecule has 15 heteroatoms. The topological polar surface area (TPSA) is 183 Å². The number of carbonyl (C=O) groups is 5. The predicted molar refractivity (Wildman–Crippen MR) is 217 cm³/mol. The summed E-state index contributed by atoms with van der Waals surface area (Å²) in [5.41, 5.74) is 0.524. The largest absolute Gasteiger partial charge is 0.462 e. The van der Waals surface area contributed by atoms with E-state index in [1.54, 1.807) is 42.5 Å². The van der Waals surface area contributed by atoms with Crippen molar-refractivity contribution in [3.63, 3.8) is 0 Å². The SMILES string of the molecule is C=CCOCC(COCC=C)(COCC=C)COC(=O)Nc1ccc(Cc2ccc(NC(=O)OCC(COC(=O)C=C)(COC(=O)C=C)COC(=O)C=C)cc2)cc1. The number of hydrogen-bond acceptors (Lipinski definition) is 13. The number of ether oxygens (including phenoxy) is 8. The molecule has 0 fully saturated rings. The summed E-state index contributed by atoms with van der Waals surface area (Å²) in [7, 11) is 0. The number of anilines is 2. The number of esters is 3. The summed E-state index contributed by atoms with van der Waals surface area (Å²) in [6, 6.07) is 14.2. The van der Waals surface area contributed by atoms with Crippen molar-refractivity contribution in [3.8, 4) is 0 Å². The molecule has 0 atom stereocenters. The standard InChI is InChI=1S/C43H52N2O13/c1-7-21-51-25-42(26-52-22-8-2,27-53-23-9-3)31-57-40(49)44-35-17-13-33(14-18-35)24-34-15-19-36(20-16-34)45-41(50)58-32-43(28-54-37(46)10-4,29-55-38(47)11-5)30-56-39(48)12-6/h7-20H,1-6,21-32H2,(H,44,49)(H,45,50). The van der Waals surface area contributed by atoms with Crippen LogP contribution in [0.1, 0.15) is 11.1 Å². The zero-order valence-corrected chi connectivity index (χ0v) is 32.6. The molecular weight excluding hydrogens is 752 g/mol. The molecule has 0 saturated carbocycles. The summed E-state index contributed by atoms with van der Waals surface area (Å²) >= 11 is 0. The highest BCUT2D eigenvalue weighted by Crippen LogP contribution is 2.24.